The third-order valence-electron chi connectivity index (χ3n) is 3.10. The van der Waals surface area contributed by atoms with Gasteiger partial charge in [-0.25, -0.2) is 8.78 Å². The number of nitrogens with one attached hydrogen (secondary N) is 1. The molecule has 0 bridgehead atoms. The SMILES string of the molecule is CNC(Cc1cccc(F)c1F)c1cncc(C)c1. The molecule has 1 aromatic carbocycles. The summed E-state index contributed by atoms with van der Waals surface area (Å²) in [5, 5.41) is 3.11. The van der Waals surface area contributed by atoms with Gasteiger partial charge in [0.25, 0.3) is 0 Å². The summed E-state index contributed by atoms with van der Waals surface area (Å²) in [5.74, 6) is -1.59. The lowest BCUT2D eigenvalue weighted by Crippen LogP contribution is -2.20. The molecule has 1 unspecified atom stereocenters. The van der Waals surface area contributed by atoms with Crippen LogP contribution in [0.2, 0.25) is 0 Å². The fourth-order valence-corrected chi connectivity index (χ4v) is 2.08. The molecule has 0 spiro atoms. The van der Waals surface area contributed by atoms with E-state index in [0.29, 0.717) is 12.0 Å². The lowest BCUT2D eigenvalue weighted by molar-refractivity contribution is 0.486. The summed E-state index contributed by atoms with van der Waals surface area (Å²) >= 11 is 0. The molecule has 0 aliphatic heterocycles. The molecule has 0 amide bonds. The lowest BCUT2D eigenvalue weighted by atomic mass is 9.99. The zero-order valence-corrected chi connectivity index (χ0v) is 11.0. The number of rotatable bonds is 4. The van der Waals surface area contributed by atoms with Crippen molar-refractivity contribution in [2.75, 3.05) is 7.05 Å². The van der Waals surface area contributed by atoms with Crippen LogP contribution in [-0.4, -0.2) is 12.0 Å². The summed E-state index contributed by atoms with van der Waals surface area (Å²) in [6.07, 6.45) is 3.88. The molecule has 0 aliphatic rings. The van der Waals surface area contributed by atoms with E-state index in [1.807, 2.05) is 13.0 Å². The number of aryl methyl sites for hydroxylation is 1. The normalized spacial score (nSPS) is 12.4. The van der Waals surface area contributed by atoms with Crippen LogP contribution in [0.25, 0.3) is 0 Å². The maximum atomic E-state index is 13.7. The number of benzene rings is 1. The average Bonchev–Trinajstić information content (AvgIpc) is 2.40. The minimum Gasteiger partial charge on any atom is -0.313 e. The molecule has 100 valence electrons. The van der Waals surface area contributed by atoms with Gasteiger partial charge in [0.2, 0.25) is 0 Å². The smallest absolute Gasteiger partial charge is 0.162 e. The Bertz CT molecular complexity index is 570. The first-order valence-electron chi connectivity index (χ1n) is 6.13. The molecule has 4 heteroatoms. The molecule has 19 heavy (non-hydrogen) atoms. The quantitative estimate of drug-likeness (QED) is 0.915. The molecule has 0 saturated carbocycles. The van der Waals surface area contributed by atoms with E-state index in [1.54, 1.807) is 25.5 Å². The van der Waals surface area contributed by atoms with Gasteiger partial charge in [0.05, 0.1) is 0 Å². The first kappa shape index (κ1) is 13.6. The van der Waals surface area contributed by atoms with Gasteiger partial charge in [-0.1, -0.05) is 18.2 Å². The highest BCUT2D eigenvalue weighted by Crippen LogP contribution is 2.21. The third kappa shape index (κ3) is 3.15. The van der Waals surface area contributed by atoms with E-state index < -0.39 is 11.6 Å². The fraction of sp³-hybridized carbons (Fsp3) is 0.267. The average molecular weight is 262 g/mol. The second kappa shape index (κ2) is 5.89. The highest BCUT2D eigenvalue weighted by atomic mass is 19.2. The van der Waals surface area contributed by atoms with Crippen molar-refractivity contribution in [3.63, 3.8) is 0 Å². The van der Waals surface area contributed by atoms with E-state index in [-0.39, 0.29) is 6.04 Å². The van der Waals surface area contributed by atoms with Gasteiger partial charge >= 0.3 is 0 Å². The molecule has 2 rings (SSSR count). The minimum absolute atomic E-state index is 0.0938. The summed E-state index contributed by atoms with van der Waals surface area (Å²) in [4.78, 5) is 4.13. The summed E-state index contributed by atoms with van der Waals surface area (Å²) in [6, 6.07) is 6.15. The summed E-state index contributed by atoms with van der Waals surface area (Å²) in [6.45, 7) is 1.95. The van der Waals surface area contributed by atoms with E-state index in [4.69, 9.17) is 0 Å². The molecule has 0 saturated heterocycles. The van der Waals surface area contributed by atoms with Crippen LogP contribution in [0.1, 0.15) is 22.7 Å². The number of aromatic nitrogens is 1. The van der Waals surface area contributed by atoms with Crippen LogP contribution < -0.4 is 5.32 Å². The largest absolute Gasteiger partial charge is 0.313 e. The molecule has 1 aromatic heterocycles. The van der Waals surface area contributed by atoms with Gasteiger partial charge in [0.1, 0.15) is 0 Å². The van der Waals surface area contributed by atoms with Crippen LogP contribution in [-0.2, 0) is 6.42 Å². The summed E-state index contributed by atoms with van der Waals surface area (Å²) in [7, 11) is 1.80. The second-order valence-electron chi connectivity index (χ2n) is 4.55. The van der Waals surface area contributed by atoms with Crippen molar-refractivity contribution in [1.29, 1.82) is 0 Å². The van der Waals surface area contributed by atoms with Crippen LogP contribution in [0.3, 0.4) is 0 Å². The van der Waals surface area contributed by atoms with Crippen molar-refractivity contribution in [2.24, 2.45) is 0 Å². The van der Waals surface area contributed by atoms with Gasteiger partial charge in [-0.3, -0.25) is 4.98 Å². The Morgan fingerprint density at radius 1 is 1.26 bits per heavy atom. The Kier molecular flexibility index (Phi) is 4.22. The number of halogens is 2. The van der Waals surface area contributed by atoms with Crippen molar-refractivity contribution in [3.8, 4) is 0 Å². The van der Waals surface area contributed by atoms with Crippen molar-refractivity contribution in [3.05, 3.63) is 65.0 Å². The molecule has 1 heterocycles. The first-order chi connectivity index (χ1) is 9.11. The molecule has 0 fully saturated rings. The lowest BCUT2D eigenvalue weighted by Gasteiger charge is -2.17. The van der Waals surface area contributed by atoms with Crippen molar-refractivity contribution in [1.82, 2.24) is 10.3 Å². The fourth-order valence-electron chi connectivity index (χ4n) is 2.08. The zero-order chi connectivity index (χ0) is 13.8. The maximum Gasteiger partial charge on any atom is 0.162 e. The number of nitrogens with zero attached hydrogens (tertiary/aromatic N) is 1. The Hall–Kier alpha value is -1.81. The molecular weight excluding hydrogens is 246 g/mol. The van der Waals surface area contributed by atoms with E-state index in [2.05, 4.69) is 10.3 Å². The van der Waals surface area contributed by atoms with Gasteiger partial charge in [-0.2, -0.15) is 0 Å². The zero-order valence-electron chi connectivity index (χ0n) is 11.0. The molecule has 2 aromatic rings. The minimum atomic E-state index is -0.810. The van der Waals surface area contributed by atoms with Crippen LogP contribution in [0.4, 0.5) is 8.78 Å². The number of hydrogen-bond acceptors (Lipinski definition) is 2. The van der Waals surface area contributed by atoms with Crippen LogP contribution in [0, 0.1) is 18.6 Å². The first-order valence-corrected chi connectivity index (χ1v) is 6.13. The standard InChI is InChI=1S/C15H16F2N2/c1-10-6-12(9-19-8-10)14(18-2)7-11-4-3-5-13(16)15(11)17/h3-6,8-9,14,18H,7H2,1-2H3. The summed E-state index contributed by atoms with van der Waals surface area (Å²) in [5.41, 5.74) is 2.37. The molecule has 1 atom stereocenters. The molecule has 1 N–H and O–H groups in total. The van der Waals surface area contributed by atoms with Crippen LogP contribution in [0.15, 0.2) is 36.7 Å². The predicted molar refractivity (Wildman–Crippen MR) is 70.8 cm³/mol. The number of likely N-dealkylation sites (N-methyl/N-ethyl adjacent to an activating group) is 1. The monoisotopic (exact) mass is 262 g/mol. The van der Waals surface area contributed by atoms with Crippen molar-refractivity contribution in [2.45, 2.75) is 19.4 Å². The third-order valence-corrected chi connectivity index (χ3v) is 3.10. The molecule has 2 nitrogen and oxygen atoms in total. The van der Waals surface area contributed by atoms with Crippen LogP contribution >= 0.6 is 0 Å². The van der Waals surface area contributed by atoms with E-state index in [9.17, 15) is 8.78 Å². The van der Waals surface area contributed by atoms with E-state index in [0.717, 1.165) is 17.2 Å². The molecule has 0 radical (unpaired) electrons. The highest BCUT2D eigenvalue weighted by Gasteiger charge is 2.15. The van der Waals surface area contributed by atoms with Gasteiger partial charge in [0, 0.05) is 18.4 Å². The summed E-state index contributed by atoms with van der Waals surface area (Å²) < 4.78 is 26.9. The van der Waals surface area contributed by atoms with Gasteiger partial charge in [-0.15, -0.1) is 0 Å². The number of hydrogen-bond donors (Lipinski definition) is 1. The maximum absolute atomic E-state index is 13.7. The Balaban J connectivity index is 2.26. The van der Waals surface area contributed by atoms with Crippen molar-refractivity contribution >= 4 is 0 Å². The number of pyridine rings is 1. The molecular formula is C15H16F2N2. The van der Waals surface area contributed by atoms with E-state index in [1.165, 1.54) is 6.07 Å². The Labute approximate surface area is 111 Å². The van der Waals surface area contributed by atoms with Gasteiger partial charge in [0.15, 0.2) is 11.6 Å². The van der Waals surface area contributed by atoms with Gasteiger partial charge in [-0.05, 0) is 43.1 Å². The van der Waals surface area contributed by atoms with Crippen LogP contribution in [0.5, 0.6) is 0 Å². The Morgan fingerprint density at radius 3 is 2.74 bits per heavy atom. The molecule has 0 aliphatic carbocycles. The topological polar surface area (TPSA) is 24.9 Å². The highest BCUT2D eigenvalue weighted by molar-refractivity contribution is 5.25. The second-order valence-corrected chi connectivity index (χ2v) is 4.55. The van der Waals surface area contributed by atoms with Gasteiger partial charge < -0.3 is 5.32 Å². The van der Waals surface area contributed by atoms with Crippen molar-refractivity contribution < 1.29 is 8.78 Å². The van der Waals surface area contributed by atoms with E-state index >= 15 is 0 Å². The Morgan fingerprint density at radius 2 is 2.05 bits per heavy atom. The predicted octanol–water partition coefficient (Wildman–Crippen LogP) is 3.17.